The summed E-state index contributed by atoms with van der Waals surface area (Å²) in [6.07, 6.45) is 5.64. The number of aromatic nitrogens is 1. The molecule has 0 saturated carbocycles. The molecular formula is C16H22N4O2. The van der Waals surface area contributed by atoms with Gasteiger partial charge in [-0.1, -0.05) is 12.1 Å². The van der Waals surface area contributed by atoms with E-state index in [0.29, 0.717) is 18.5 Å². The Bertz CT molecular complexity index is 577. The van der Waals surface area contributed by atoms with Crippen molar-refractivity contribution in [3.63, 3.8) is 0 Å². The molecule has 118 valence electrons. The summed E-state index contributed by atoms with van der Waals surface area (Å²) >= 11 is 0. The van der Waals surface area contributed by atoms with Gasteiger partial charge in [-0.15, -0.1) is 0 Å². The van der Waals surface area contributed by atoms with Crippen molar-refractivity contribution < 1.29 is 9.90 Å². The Morgan fingerprint density at radius 3 is 2.86 bits per heavy atom. The lowest BCUT2D eigenvalue weighted by Crippen LogP contribution is -2.25. The molecule has 1 rings (SSSR count). The minimum absolute atomic E-state index is 0.0887. The van der Waals surface area contributed by atoms with Gasteiger partial charge in [-0.05, 0) is 38.0 Å². The number of hydrogen-bond acceptors (Lipinski definition) is 5. The second kappa shape index (κ2) is 9.46. The molecule has 0 radical (unpaired) electrons. The second-order valence-electron chi connectivity index (χ2n) is 4.73. The van der Waals surface area contributed by atoms with Crippen molar-refractivity contribution >= 4 is 12.1 Å². The molecule has 0 bridgehead atoms. The zero-order valence-electron chi connectivity index (χ0n) is 12.9. The van der Waals surface area contributed by atoms with Crippen LogP contribution in [0.1, 0.15) is 26.0 Å². The number of nitrogens with one attached hydrogen (secondary N) is 1. The fourth-order valence-electron chi connectivity index (χ4n) is 1.54. The van der Waals surface area contributed by atoms with Crippen molar-refractivity contribution in [3.05, 3.63) is 53.1 Å². The molecule has 0 saturated heterocycles. The predicted octanol–water partition coefficient (Wildman–Crippen LogP) is 1.29. The van der Waals surface area contributed by atoms with Crippen LogP contribution in [0.2, 0.25) is 0 Å². The van der Waals surface area contributed by atoms with E-state index in [2.05, 4.69) is 15.3 Å². The number of aliphatic imine (C=N–C) groups is 1. The number of amides is 1. The fourth-order valence-corrected chi connectivity index (χ4v) is 1.54. The molecule has 4 N–H and O–H groups in total. The molecule has 1 heterocycles. The van der Waals surface area contributed by atoms with Crippen molar-refractivity contribution in [2.45, 2.75) is 26.8 Å². The van der Waals surface area contributed by atoms with Crippen molar-refractivity contribution in [1.82, 2.24) is 10.3 Å². The first kappa shape index (κ1) is 17.6. The van der Waals surface area contributed by atoms with Gasteiger partial charge in [-0.25, -0.2) is 4.99 Å². The van der Waals surface area contributed by atoms with Gasteiger partial charge in [0.05, 0.1) is 17.8 Å². The van der Waals surface area contributed by atoms with E-state index in [-0.39, 0.29) is 18.3 Å². The van der Waals surface area contributed by atoms with Crippen LogP contribution in [0.25, 0.3) is 0 Å². The number of hydrogen-bond donors (Lipinski definition) is 3. The van der Waals surface area contributed by atoms with Gasteiger partial charge in [0.15, 0.2) is 0 Å². The van der Waals surface area contributed by atoms with Gasteiger partial charge in [0.1, 0.15) is 5.82 Å². The summed E-state index contributed by atoms with van der Waals surface area (Å²) in [4.78, 5) is 20.2. The number of carbonyl (C=O) groups is 1. The van der Waals surface area contributed by atoms with Gasteiger partial charge in [-0.3, -0.25) is 9.78 Å². The molecular weight excluding hydrogens is 280 g/mol. The van der Waals surface area contributed by atoms with E-state index in [1.165, 1.54) is 0 Å². The number of allylic oxidation sites excluding steroid dienone is 1. The minimum Gasteiger partial charge on any atom is -0.396 e. The highest BCUT2D eigenvalue weighted by Crippen LogP contribution is 2.02. The largest absolute Gasteiger partial charge is 0.396 e. The molecule has 6 heteroatoms. The minimum atomic E-state index is -0.280. The summed E-state index contributed by atoms with van der Waals surface area (Å²) in [7, 11) is 0. The maximum absolute atomic E-state index is 12.0. The maximum atomic E-state index is 12.0. The highest BCUT2D eigenvalue weighted by atomic mass is 16.2. The van der Waals surface area contributed by atoms with Crippen LogP contribution in [-0.2, 0) is 11.3 Å². The zero-order valence-corrected chi connectivity index (χ0v) is 12.9. The Labute approximate surface area is 130 Å². The third-order valence-corrected chi connectivity index (χ3v) is 2.88. The van der Waals surface area contributed by atoms with Crippen LogP contribution < -0.4 is 11.1 Å². The Morgan fingerprint density at radius 2 is 2.23 bits per heavy atom. The van der Waals surface area contributed by atoms with Crippen molar-refractivity contribution in [1.29, 1.82) is 0 Å². The number of carbonyl (C=O) groups excluding carboxylic acids is 1. The van der Waals surface area contributed by atoms with Gasteiger partial charge in [0, 0.05) is 19.0 Å². The smallest absolute Gasteiger partial charge is 0.250 e. The molecule has 0 atom stereocenters. The number of pyridine rings is 1. The Morgan fingerprint density at radius 1 is 1.45 bits per heavy atom. The Hall–Kier alpha value is -2.47. The normalized spacial score (nSPS) is 13.1. The van der Waals surface area contributed by atoms with Crippen LogP contribution in [0.15, 0.2) is 52.4 Å². The van der Waals surface area contributed by atoms with Crippen LogP contribution in [0, 0.1) is 0 Å². The van der Waals surface area contributed by atoms with Gasteiger partial charge >= 0.3 is 0 Å². The van der Waals surface area contributed by atoms with Gasteiger partial charge in [0.25, 0.3) is 5.91 Å². The Kier molecular flexibility index (Phi) is 7.56. The van der Waals surface area contributed by atoms with E-state index < -0.39 is 0 Å². The van der Waals surface area contributed by atoms with Crippen LogP contribution in [-0.4, -0.2) is 28.8 Å². The molecule has 0 fully saturated rings. The predicted molar refractivity (Wildman–Crippen MR) is 86.9 cm³/mol. The van der Waals surface area contributed by atoms with Gasteiger partial charge < -0.3 is 16.2 Å². The lowest BCUT2D eigenvalue weighted by Gasteiger charge is -2.06. The van der Waals surface area contributed by atoms with E-state index in [0.717, 1.165) is 11.3 Å². The standard InChI is InChI=1S/C16H22N4O2/c1-12(6-5-9-21)10-19-15(17)13(2)16(22)20-11-14-7-3-4-8-18-14/h3-4,6-8,10,21H,5,9,11,17H2,1-2H3,(H,20,22)/b12-6-,15-13+,19-10-. The molecule has 1 aromatic heterocycles. The lowest BCUT2D eigenvalue weighted by molar-refractivity contribution is -0.117. The Balaban J connectivity index is 2.61. The molecule has 0 spiro atoms. The second-order valence-corrected chi connectivity index (χ2v) is 4.73. The number of aliphatic hydroxyl groups excluding tert-OH is 1. The van der Waals surface area contributed by atoms with Crippen molar-refractivity contribution in [3.8, 4) is 0 Å². The third kappa shape index (κ3) is 6.32. The van der Waals surface area contributed by atoms with Crippen LogP contribution >= 0.6 is 0 Å². The monoisotopic (exact) mass is 302 g/mol. The first-order valence-corrected chi connectivity index (χ1v) is 7.00. The number of nitrogens with two attached hydrogens (primary N) is 1. The maximum Gasteiger partial charge on any atom is 0.250 e. The molecule has 22 heavy (non-hydrogen) atoms. The highest BCUT2D eigenvalue weighted by molar-refractivity contribution is 5.93. The lowest BCUT2D eigenvalue weighted by atomic mass is 10.2. The third-order valence-electron chi connectivity index (χ3n) is 2.88. The van der Waals surface area contributed by atoms with Gasteiger partial charge in [-0.2, -0.15) is 0 Å². The van der Waals surface area contributed by atoms with E-state index in [4.69, 9.17) is 10.8 Å². The SMILES string of the molecule is CC(/C=N\C(N)=C(/C)C(=O)NCc1ccccn1)=C/CCO. The van der Waals surface area contributed by atoms with E-state index in [9.17, 15) is 4.79 Å². The van der Waals surface area contributed by atoms with E-state index >= 15 is 0 Å². The van der Waals surface area contributed by atoms with Crippen LogP contribution in [0.3, 0.4) is 0 Å². The molecule has 0 aliphatic heterocycles. The molecule has 0 aliphatic carbocycles. The summed E-state index contributed by atoms with van der Waals surface area (Å²) in [6, 6.07) is 5.50. The van der Waals surface area contributed by atoms with E-state index in [1.807, 2.05) is 31.2 Å². The molecule has 1 amide bonds. The molecule has 0 unspecified atom stereocenters. The molecule has 0 aliphatic rings. The average Bonchev–Trinajstić information content (AvgIpc) is 2.55. The first-order chi connectivity index (χ1) is 10.5. The first-order valence-electron chi connectivity index (χ1n) is 7.00. The van der Waals surface area contributed by atoms with Crippen molar-refractivity contribution in [2.75, 3.05) is 6.61 Å². The average molecular weight is 302 g/mol. The quantitative estimate of drug-likeness (QED) is 0.522. The number of rotatable bonds is 7. The zero-order chi connectivity index (χ0) is 16.4. The number of nitrogens with zero attached hydrogens (tertiary/aromatic N) is 2. The summed E-state index contributed by atoms with van der Waals surface area (Å²) < 4.78 is 0. The molecule has 1 aromatic rings. The van der Waals surface area contributed by atoms with Gasteiger partial charge in [0.2, 0.25) is 0 Å². The van der Waals surface area contributed by atoms with Crippen LogP contribution in [0.5, 0.6) is 0 Å². The van der Waals surface area contributed by atoms with E-state index in [1.54, 1.807) is 19.3 Å². The summed E-state index contributed by atoms with van der Waals surface area (Å²) in [5.74, 6) is -0.118. The molecule has 6 nitrogen and oxygen atoms in total. The topological polar surface area (TPSA) is 101 Å². The number of aliphatic hydroxyl groups is 1. The molecule has 0 aromatic carbocycles. The highest BCUT2D eigenvalue weighted by Gasteiger charge is 2.07. The summed E-state index contributed by atoms with van der Waals surface area (Å²) in [5.41, 5.74) is 7.79. The van der Waals surface area contributed by atoms with Crippen molar-refractivity contribution in [2.24, 2.45) is 10.7 Å². The summed E-state index contributed by atoms with van der Waals surface area (Å²) in [5, 5.41) is 11.5. The van der Waals surface area contributed by atoms with Crippen LogP contribution in [0.4, 0.5) is 0 Å². The summed E-state index contributed by atoms with van der Waals surface area (Å²) in [6.45, 7) is 3.89. The fraction of sp³-hybridized carbons (Fsp3) is 0.312.